The highest BCUT2D eigenvalue weighted by molar-refractivity contribution is 8.00. The van der Waals surface area contributed by atoms with Crippen molar-refractivity contribution >= 4 is 23.7 Å². The second-order valence-corrected chi connectivity index (χ2v) is 10.7. The molecule has 2 aliphatic rings. The molecule has 0 aliphatic heterocycles. The Hall–Kier alpha value is -2.27. The van der Waals surface area contributed by atoms with Gasteiger partial charge in [0, 0.05) is 24.3 Å². The van der Waals surface area contributed by atoms with Crippen molar-refractivity contribution < 1.29 is 19.1 Å². The van der Waals surface area contributed by atoms with Gasteiger partial charge in [0.05, 0.1) is 0 Å². The Morgan fingerprint density at radius 1 is 0.667 bits per heavy atom. The molecule has 4 nitrogen and oxygen atoms in total. The van der Waals surface area contributed by atoms with Crippen LogP contribution < -0.4 is 9.47 Å². The van der Waals surface area contributed by atoms with Crippen LogP contribution in [0.15, 0.2) is 48.5 Å². The number of hydrogen-bond donors (Lipinski definition) is 0. The molecule has 0 amide bonds. The molecule has 0 radical (unpaired) electrons. The first-order chi connectivity index (χ1) is 16.0. The predicted molar refractivity (Wildman–Crippen MR) is 133 cm³/mol. The minimum atomic E-state index is -0.267. The molecule has 0 spiro atoms. The average Bonchev–Trinajstić information content (AvgIpc) is 2.80. The summed E-state index contributed by atoms with van der Waals surface area (Å²) in [6.07, 6.45) is 9.50. The molecule has 2 aliphatic carbocycles. The quantitative estimate of drug-likeness (QED) is 0.338. The molecule has 4 unspecified atom stereocenters. The number of carbonyl (C=O) groups excluding carboxylic acids is 2. The van der Waals surface area contributed by atoms with Crippen molar-refractivity contribution in [3.8, 4) is 11.5 Å². The first-order valence-corrected chi connectivity index (χ1v) is 13.2. The molecule has 33 heavy (non-hydrogen) atoms. The molecular weight excluding hydrogens is 432 g/mol. The molecule has 176 valence electrons. The van der Waals surface area contributed by atoms with E-state index in [9.17, 15) is 9.59 Å². The number of esters is 2. The lowest BCUT2D eigenvalue weighted by Gasteiger charge is -2.39. The van der Waals surface area contributed by atoms with Gasteiger partial charge in [0.2, 0.25) is 0 Å². The third-order valence-corrected chi connectivity index (χ3v) is 8.73. The highest BCUT2D eigenvalue weighted by Gasteiger charge is 2.36. The van der Waals surface area contributed by atoms with E-state index in [1.165, 1.54) is 52.4 Å². The highest BCUT2D eigenvalue weighted by atomic mass is 32.2. The highest BCUT2D eigenvalue weighted by Crippen LogP contribution is 2.50. The molecule has 0 bridgehead atoms. The van der Waals surface area contributed by atoms with Crippen LogP contribution in [0, 0.1) is 0 Å². The molecule has 4 rings (SSSR count). The van der Waals surface area contributed by atoms with Gasteiger partial charge in [-0.25, -0.2) is 0 Å². The third-order valence-electron chi connectivity index (χ3n) is 6.90. The molecule has 0 saturated heterocycles. The Morgan fingerprint density at radius 3 is 1.48 bits per heavy atom. The first kappa shape index (κ1) is 23.9. The molecule has 2 aromatic carbocycles. The Kier molecular flexibility index (Phi) is 8.13. The van der Waals surface area contributed by atoms with Gasteiger partial charge in [-0.1, -0.05) is 62.1 Å². The molecule has 5 heteroatoms. The molecule has 0 N–H and O–H groups in total. The molecule has 2 aromatic rings. The summed E-state index contributed by atoms with van der Waals surface area (Å²) in [5, 5.41) is 0.976. The van der Waals surface area contributed by atoms with E-state index in [0.29, 0.717) is 33.8 Å². The van der Waals surface area contributed by atoms with Crippen molar-refractivity contribution in [1.29, 1.82) is 0 Å². The van der Waals surface area contributed by atoms with E-state index in [-0.39, 0.29) is 11.9 Å². The van der Waals surface area contributed by atoms with Crippen LogP contribution in [-0.4, -0.2) is 22.4 Å². The van der Waals surface area contributed by atoms with E-state index in [0.717, 1.165) is 24.0 Å². The lowest BCUT2D eigenvalue weighted by atomic mass is 9.82. The van der Waals surface area contributed by atoms with E-state index in [1.54, 1.807) is 0 Å². The Morgan fingerprint density at radius 2 is 1.06 bits per heavy atom. The van der Waals surface area contributed by atoms with Crippen molar-refractivity contribution in [3.63, 3.8) is 0 Å². The van der Waals surface area contributed by atoms with E-state index in [2.05, 4.69) is 36.0 Å². The maximum atomic E-state index is 11.7. The van der Waals surface area contributed by atoms with Gasteiger partial charge < -0.3 is 9.47 Å². The van der Waals surface area contributed by atoms with Crippen molar-refractivity contribution in [3.05, 3.63) is 59.7 Å². The van der Waals surface area contributed by atoms with Gasteiger partial charge in [-0.05, 0) is 60.8 Å². The number of benzene rings is 2. The van der Waals surface area contributed by atoms with Crippen LogP contribution in [0.25, 0.3) is 0 Å². The largest absolute Gasteiger partial charge is 0.426 e. The average molecular weight is 467 g/mol. The topological polar surface area (TPSA) is 52.6 Å². The zero-order valence-electron chi connectivity index (χ0n) is 19.6. The third kappa shape index (κ3) is 6.00. The molecule has 2 fully saturated rings. The van der Waals surface area contributed by atoms with E-state index in [1.807, 2.05) is 24.3 Å². The van der Waals surface area contributed by atoms with Gasteiger partial charge in [0.1, 0.15) is 11.5 Å². The van der Waals surface area contributed by atoms with Crippen LogP contribution in [0.1, 0.15) is 88.2 Å². The van der Waals surface area contributed by atoms with E-state index in [4.69, 9.17) is 9.47 Å². The van der Waals surface area contributed by atoms with Crippen LogP contribution in [0.4, 0.5) is 0 Å². The first-order valence-electron chi connectivity index (χ1n) is 12.2. The van der Waals surface area contributed by atoms with Crippen LogP contribution in [-0.2, 0) is 9.59 Å². The monoisotopic (exact) mass is 466 g/mol. The fraction of sp³-hybridized carbons (Fsp3) is 0.500. The van der Waals surface area contributed by atoms with Crippen LogP contribution in [0.3, 0.4) is 0 Å². The van der Waals surface area contributed by atoms with Crippen molar-refractivity contribution in [2.24, 2.45) is 0 Å². The van der Waals surface area contributed by atoms with Crippen molar-refractivity contribution in [1.82, 2.24) is 0 Å². The second-order valence-electron chi connectivity index (χ2n) is 9.26. The smallest absolute Gasteiger partial charge is 0.308 e. The lowest BCUT2D eigenvalue weighted by Crippen LogP contribution is -2.28. The predicted octanol–water partition coefficient (Wildman–Crippen LogP) is 7.02. The number of carbonyl (C=O) groups is 2. The zero-order valence-corrected chi connectivity index (χ0v) is 20.4. The van der Waals surface area contributed by atoms with Gasteiger partial charge in [0.15, 0.2) is 0 Å². The fourth-order valence-electron chi connectivity index (χ4n) is 5.52. The van der Waals surface area contributed by atoms with E-state index < -0.39 is 0 Å². The normalized spacial score (nSPS) is 25.3. The number of para-hydroxylation sites is 2. The maximum absolute atomic E-state index is 11.7. The number of ether oxygens (including phenoxy) is 2. The summed E-state index contributed by atoms with van der Waals surface area (Å²) in [4.78, 5) is 23.4. The fourth-order valence-corrected chi connectivity index (χ4v) is 7.52. The Bertz CT molecular complexity index is 894. The summed E-state index contributed by atoms with van der Waals surface area (Å²) in [5.74, 6) is 1.65. The summed E-state index contributed by atoms with van der Waals surface area (Å²) >= 11 is 2.12. The van der Waals surface area contributed by atoms with E-state index >= 15 is 0 Å². The zero-order chi connectivity index (χ0) is 23.2. The van der Waals surface area contributed by atoms with Gasteiger partial charge >= 0.3 is 11.9 Å². The SMILES string of the molecule is CC(=O)Oc1ccccc1C1CCCCC1SC1CCCCC1c1ccccc1OC(C)=O. The van der Waals surface area contributed by atoms with Crippen LogP contribution in [0.5, 0.6) is 11.5 Å². The summed E-state index contributed by atoms with van der Waals surface area (Å²) in [5.41, 5.74) is 2.33. The number of hydrogen-bond acceptors (Lipinski definition) is 5. The standard InChI is InChI=1S/C28H34O4S/c1-19(29)31-25-15-7-3-11-21(25)23-13-5-9-17-27(23)33-28-18-10-6-14-24(28)22-12-4-8-16-26(22)32-20(2)30/h3-4,7-8,11-12,15-16,23-24,27-28H,5-6,9-10,13-14,17-18H2,1-2H3. The number of thioether (sulfide) groups is 1. The number of rotatable bonds is 6. The minimum absolute atomic E-state index is 0.267. The summed E-state index contributed by atoms with van der Waals surface area (Å²) in [6.45, 7) is 2.94. The summed E-state index contributed by atoms with van der Waals surface area (Å²) in [6, 6.07) is 16.1. The van der Waals surface area contributed by atoms with Gasteiger partial charge in [-0.2, -0.15) is 11.8 Å². The molecule has 0 heterocycles. The maximum Gasteiger partial charge on any atom is 0.308 e. The van der Waals surface area contributed by atoms with Gasteiger partial charge in [-0.3, -0.25) is 9.59 Å². The minimum Gasteiger partial charge on any atom is -0.426 e. The molecule has 4 atom stereocenters. The lowest BCUT2D eigenvalue weighted by molar-refractivity contribution is -0.132. The van der Waals surface area contributed by atoms with Gasteiger partial charge in [-0.15, -0.1) is 0 Å². The van der Waals surface area contributed by atoms with Crippen molar-refractivity contribution in [2.75, 3.05) is 0 Å². The molecule has 2 saturated carbocycles. The molecule has 0 aromatic heterocycles. The van der Waals surface area contributed by atoms with Gasteiger partial charge in [0.25, 0.3) is 0 Å². The van der Waals surface area contributed by atoms with Crippen LogP contribution >= 0.6 is 11.8 Å². The summed E-state index contributed by atoms with van der Waals surface area (Å²) in [7, 11) is 0. The Balaban J connectivity index is 1.59. The molecular formula is C28H34O4S. The second kappa shape index (κ2) is 11.2. The van der Waals surface area contributed by atoms with Crippen molar-refractivity contribution in [2.45, 2.75) is 87.5 Å². The van der Waals surface area contributed by atoms with Crippen LogP contribution in [0.2, 0.25) is 0 Å². The summed E-state index contributed by atoms with van der Waals surface area (Å²) < 4.78 is 11.2. The Labute approximate surface area is 201 Å².